The summed E-state index contributed by atoms with van der Waals surface area (Å²) < 4.78 is 0. The van der Waals surface area contributed by atoms with Crippen molar-refractivity contribution in [3.8, 4) is 0 Å². The average molecular weight is 156 g/mol. The Hall–Kier alpha value is -0.570. The number of halogens is 1. The quantitative estimate of drug-likeness (QED) is 0.600. The van der Waals surface area contributed by atoms with E-state index in [9.17, 15) is 0 Å². The minimum atomic E-state index is 0.139. The maximum Gasteiger partial charge on any atom is 0.0985 e. The molecular formula is C7H6ClNO. The molecule has 0 bridgehead atoms. The Morgan fingerprint density at radius 3 is 2.70 bits per heavy atom. The second kappa shape index (κ2) is 3.56. The predicted octanol–water partition coefficient (Wildman–Crippen LogP) is 1.84. The molecule has 3 heteroatoms. The fourth-order valence-corrected chi connectivity index (χ4v) is 0.875. The lowest BCUT2D eigenvalue weighted by Gasteiger charge is -1.97. The van der Waals surface area contributed by atoms with Gasteiger partial charge in [-0.25, -0.2) is 0 Å². The summed E-state index contributed by atoms with van der Waals surface area (Å²) in [4.78, 5) is 3.92. The maximum absolute atomic E-state index is 8.09. The molecule has 2 nitrogen and oxygen atoms in total. The Balaban J connectivity index is 2.81. The predicted molar refractivity (Wildman–Crippen MR) is 38.4 cm³/mol. The van der Waals surface area contributed by atoms with Crippen LogP contribution in [0.5, 0.6) is 0 Å². The van der Waals surface area contributed by atoms with Gasteiger partial charge in [0.2, 0.25) is 0 Å². The normalized spacial score (nSPS) is 9.80. The molecule has 0 aromatic heterocycles. The number of benzene rings is 1. The SMILES string of the molecule is [N]OCc1ccccc1Cl. The van der Waals surface area contributed by atoms with Crippen LogP contribution in [0.3, 0.4) is 0 Å². The van der Waals surface area contributed by atoms with Crippen LogP contribution >= 0.6 is 11.6 Å². The molecule has 2 radical (unpaired) electrons. The van der Waals surface area contributed by atoms with E-state index >= 15 is 0 Å². The second-order valence-corrected chi connectivity index (χ2v) is 2.27. The van der Waals surface area contributed by atoms with Gasteiger partial charge in [0, 0.05) is 10.9 Å². The van der Waals surface area contributed by atoms with Gasteiger partial charge in [-0.3, -0.25) is 4.84 Å². The first-order valence-corrected chi connectivity index (χ1v) is 3.22. The van der Waals surface area contributed by atoms with E-state index in [2.05, 4.69) is 4.84 Å². The van der Waals surface area contributed by atoms with Crippen molar-refractivity contribution >= 4 is 11.6 Å². The van der Waals surface area contributed by atoms with Crippen molar-refractivity contribution in [2.75, 3.05) is 0 Å². The van der Waals surface area contributed by atoms with Crippen molar-refractivity contribution in [2.45, 2.75) is 6.61 Å². The topological polar surface area (TPSA) is 31.5 Å². The molecule has 0 saturated heterocycles. The van der Waals surface area contributed by atoms with Gasteiger partial charge >= 0.3 is 0 Å². The summed E-state index contributed by atoms with van der Waals surface area (Å²) in [6.07, 6.45) is 0. The van der Waals surface area contributed by atoms with Crippen LogP contribution in [0, 0.1) is 0 Å². The Morgan fingerprint density at radius 1 is 1.40 bits per heavy atom. The van der Waals surface area contributed by atoms with E-state index in [1.165, 1.54) is 0 Å². The lowest BCUT2D eigenvalue weighted by molar-refractivity contribution is 0.104. The van der Waals surface area contributed by atoms with E-state index in [0.717, 1.165) is 5.56 Å². The van der Waals surface area contributed by atoms with Crippen molar-refractivity contribution in [3.63, 3.8) is 0 Å². The molecule has 1 aromatic carbocycles. The highest BCUT2D eigenvalue weighted by Crippen LogP contribution is 2.14. The van der Waals surface area contributed by atoms with Gasteiger partial charge in [-0.1, -0.05) is 29.8 Å². The number of hydrogen-bond acceptors (Lipinski definition) is 1. The number of nitrogens with zero attached hydrogens (tertiary/aromatic N) is 1. The summed E-state index contributed by atoms with van der Waals surface area (Å²) in [5.74, 6) is 8.09. The largest absolute Gasteiger partial charge is 0.259 e. The van der Waals surface area contributed by atoms with Gasteiger partial charge in [0.25, 0.3) is 0 Å². The van der Waals surface area contributed by atoms with Gasteiger partial charge in [-0.05, 0) is 11.6 Å². The minimum Gasteiger partial charge on any atom is -0.259 e. The fourth-order valence-electron chi connectivity index (χ4n) is 0.685. The molecule has 10 heavy (non-hydrogen) atoms. The van der Waals surface area contributed by atoms with E-state index in [4.69, 9.17) is 17.5 Å². The lowest BCUT2D eigenvalue weighted by atomic mass is 10.2. The van der Waals surface area contributed by atoms with Crippen molar-refractivity contribution in [1.82, 2.24) is 5.90 Å². The van der Waals surface area contributed by atoms with E-state index in [1.807, 2.05) is 12.1 Å². The smallest absolute Gasteiger partial charge is 0.0985 e. The second-order valence-electron chi connectivity index (χ2n) is 1.86. The monoisotopic (exact) mass is 155 g/mol. The molecule has 0 spiro atoms. The third-order valence-electron chi connectivity index (χ3n) is 1.18. The Labute approximate surface area is 64.5 Å². The minimum absolute atomic E-state index is 0.139. The first kappa shape index (κ1) is 7.54. The molecule has 1 aromatic rings. The molecule has 0 aliphatic rings. The molecule has 52 valence electrons. The Kier molecular flexibility index (Phi) is 2.68. The fraction of sp³-hybridized carbons (Fsp3) is 0.143. The van der Waals surface area contributed by atoms with Crippen molar-refractivity contribution < 1.29 is 4.84 Å². The summed E-state index contributed by atoms with van der Waals surface area (Å²) in [6.45, 7) is 0.139. The summed E-state index contributed by atoms with van der Waals surface area (Å²) in [7, 11) is 0. The molecular weight excluding hydrogens is 150 g/mol. The highest BCUT2D eigenvalue weighted by atomic mass is 35.5. The van der Waals surface area contributed by atoms with E-state index in [-0.39, 0.29) is 6.61 Å². The molecule has 0 saturated carbocycles. The zero-order chi connectivity index (χ0) is 7.40. The van der Waals surface area contributed by atoms with Crippen LogP contribution in [0.25, 0.3) is 0 Å². The first-order chi connectivity index (χ1) is 4.84. The van der Waals surface area contributed by atoms with E-state index in [1.54, 1.807) is 12.1 Å². The zero-order valence-corrected chi connectivity index (χ0v) is 6.01. The van der Waals surface area contributed by atoms with Crippen molar-refractivity contribution in [2.24, 2.45) is 0 Å². The molecule has 0 fully saturated rings. The summed E-state index contributed by atoms with van der Waals surface area (Å²) >= 11 is 5.71. The summed E-state index contributed by atoms with van der Waals surface area (Å²) in [5.41, 5.74) is 0.784. The molecule has 0 amide bonds. The molecule has 0 heterocycles. The standard InChI is InChI=1S/C7H6ClNO/c8-7-4-2-1-3-6(7)5-10-9/h1-4H,5H2. The Morgan fingerprint density at radius 2 is 2.10 bits per heavy atom. The van der Waals surface area contributed by atoms with Gasteiger partial charge in [-0.2, -0.15) is 0 Å². The van der Waals surface area contributed by atoms with Gasteiger partial charge in [0.1, 0.15) is 0 Å². The van der Waals surface area contributed by atoms with Crippen LogP contribution in [0.2, 0.25) is 5.02 Å². The van der Waals surface area contributed by atoms with Crippen LogP contribution in [0.4, 0.5) is 0 Å². The van der Waals surface area contributed by atoms with Crippen LogP contribution in [-0.4, -0.2) is 0 Å². The van der Waals surface area contributed by atoms with E-state index in [0.29, 0.717) is 5.02 Å². The lowest BCUT2D eigenvalue weighted by Crippen LogP contribution is -1.89. The van der Waals surface area contributed by atoms with E-state index < -0.39 is 0 Å². The third-order valence-corrected chi connectivity index (χ3v) is 1.55. The molecule has 0 aliphatic heterocycles. The van der Waals surface area contributed by atoms with Gasteiger partial charge in [0.05, 0.1) is 6.61 Å². The molecule has 0 aliphatic carbocycles. The first-order valence-electron chi connectivity index (χ1n) is 2.84. The summed E-state index contributed by atoms with van der Waals surface area (Å²) in [5, 5.41) is 0.608. The van der Waals surface area contributed by atoms with Crippen LogP contribution in [-0.2, 0) is 11.4 Å². The van der Waals surface area contributed by atoms with Gasteiger partial charge in [-0.15, -0.1) is 0 Å². The van der Waals surface area contributed by atoms with Crippen molar-refractivity contribution in [3.05, 3.63) is 34.9 Å². The molecule has 0 atom stereocenters. The van der Waals surface area contributed by atoms with Crippen LogP contribution < -0.4 is 5.90 Å². The van der Waals surface area contributed by atoms with Gasteiger partial charge < -0.3 is 0 Å². The number of hydrogen-bond donors (Lipinski definition) is 0. The van der Waals surface area contributed by atoms with Crippen LogP contribution in [0.1, 0.15) is 5.56 Å². The molecule has 0 N–H and O–H groups in total. The number of rotatable bonds is 2. The maximum atomic E-state index is 8.09. The molecule has 0 unspecified atom stereocenters. The highest BCUT2D eigenvalue weighted by molar-refractivity contribution is 6.31. The molecule has 1 rings (SSSR count). The summed E-state index contributed by atoms with van der Waals surface area (Å²) in [6, 6.07) is 7.19. The zero-order valence-electron chi connectivity index (χ0n) is 5.25. The average Bonchev–Trinajstić information content (AvgIpc) is 1.94. The highest BCUT2D eigenvalue weighted by Gasteiger charge is 1.96. The third kappa shape index (κ3) is 1.70. The van der Waals surface area contributed by atoms with Crippen LogP contribution in [0.15, 0.2) is 24.3 Å². The Bertz CT molecular complexity index is 215. The van der Waals surface area contributed by atoms with Crippen molar-refractivity contribution in [1.29, 1.82) is 0 Å². The van der Waals surface area contributed by atoms with Gasteiger partial charge in [0.15, 0.2) is 0 Å².